The van der Waals surface area contributed by atoms with E-state index in [1.807, 2.05) is 20.8 Å². The predicted molar refractivity (Wildman–Crippen MR) is 88.7 cm³/mol. The second kappa shape index (κ2) is 7.29. The molecule has 0 aliphatic rings. The lowest BCUT2D eigenvalue weighted by Crippen LogP contribution is -2.32. The number of aromatic nitrogens is 1. The fourth-order valence-electron chi connectivity index (χ4n) is 2.67. The number of hydrogen-bond acceptors (Lipinski definition) is 4. The van der Waals surface area contributed by atoms with Crippen molar-refractivity contribution in [3.05, 3.63) is 52.4 Å². The Morgan fingerprint density at radius 1 is 1.25 bits per heavy atom. The van der Waals surface area contributed by atoms with E-state index in [4.69, 9.17) is 9.63 Å². The van der Waals surface area contributed by atoms with Crippen molar-refractivity contribution in [2.45, 2.75) is 33.7 Å². The summed E-state index contributed by atoms with van der Waals surface area (Å²) in [6.07, 6.45) is 0.586. The molecule has 1 aromatic carbocycles. The molecule has 2 rings (SSSR count). The van der Waals surface area contributed by atoms with Gasteiger partial charge >= 0.3 is 5.97 Å². The van der Waals surface area contributed by atoms with E-state index in [1.54, 1.807) is 36.2 Å². The van der Waals surface area contributed by atoms with E-state index in [-0.39, 0.29) is 17.4 Å². The lowest BCUT2D eigenvalue weighted by molar-refractivity contribution is -0.134. The van der Waals surface area contributed by atoms with Crippen molar-refractivity contribution in [1.82, 2.24) is 10.1 Å². The molecular formula is C18H22N2O4. The largest absolute Gasteiger partial charge is 0.478 e. The third kappa shape index (κ3) is 4.01. The fraction of sp³-hybridized carbons (Fsp3) is 0.389. The summed E-state index contributed by atoms with van der Waals surface area (Å²) < 4.78 is 5.14. The van der Waals surface area contributed by atoms with Crippen molar-refractivity contribution in [2.24, 2.45) is 5.92 Å². The second-order valence-corrected chi connectivity index (χ2v) is 6.10. The molecule has 1 amide bonds. The highest BCUT2D eigenvalue weighted by Crippen LogP contribution is 2.19. The van der Waals surface area contributed by atoms with Crippen molar-refractivity contribution in [2.75, 3.05) is 7.05 Å². The van der Waals surface area contributed by atoms with Crippen LogP contribution in [0, 0.1) is 19.8 Å². The van der Waals surface area contributed by atoms with Crippen molar-refractivity contribution in [3.8, 4) is 0 Å². The van der Waals surface area contributed by atoms with E-state index in [9.17, 15) is 9.59 Å². The number of amides is 1. The summed E-state index contributed by atoms with van der Waals surface area (Å²) in [4.78, 5) is 25.1. The van der Waals surface area contributed by atoms with Crippen molar-refractivity contribution in [3.63, 3.8) is 0 Å². The Kier molecular flexibility index (Phi) is 5.39. The summed E-state index contributed by atoms with van der Waals surface area (Å²) in [5.74, 6) is -0.375. The van der Waals surface area contributed by atoms with Crippen molar-refractivity contribution >= 4 is 11.9 Å². The average Bonchev–Trinajstić information content (AvgIpc) is 2.86. The molecule has 0 spiro atoms. The van der Waals surface area contributed by atoms with Gasteiger partial charge in [-0.25, -0.2) is 4.79 Å². The van der Waals surface area contributed by atoms with Crippen LogP contribution in [0.25, 0.3) is 0 Å². The molecule has 0 aliphatic heterocycles. The van der Waals surface area contributed by atoms with E-state index in [2.05, 4.69) is 5.16 Å². The van der Waals surface area contributed by atoms with Crippen LogP contribution in [0.15, 0.2) is 28.8 Å². The third-order valence-corrected chi connectivity index (χ3v) is 4.11. The normalized spacial score (nSPS) is 12.0. The first-order chi connectivity index (χ1) is 11.3. The van der Waals surface area contributed by atoms with Crippen LogP contribution in [-0.2, 0) is 17.8 Å². The SMILES string of the molecule is Cc1noc(C)c1C[C@H](C)C(=O)N(C)Cc1ccc(C(=O)O)cc1. The minimum Gasteiger partial charge on any atom is -0.478 e. The maximum absolute atomic E-state index is 12.6. The van der Waals surface area contributed by atoms with E-state index in [1.165, 1.54) is 0 Å². The first-order valence-electron chi connectivity index (χ1n) is 7.78. The van der Waals surface area contributed by atoms with E-state index >= 15 is 0 Å². The van der Waals surface area contributed by atoms with Gasteiger partial charge in [-0.1, -0.05) is 24.2 Å². The van der Waals surface area contributed by atoms with Gasteiger partial charge in [-0.2, -0.15) is 0 Å². The molecule has 1 atom stereocenters. The van der Waals surface area contributed by atoms with Crippen LogP contribution >= 0.6 is 0 Å². The molecule has 6 heteroatoms. The van der Waals surface area contributed by atoms with Crippen LogP contribution in [0.1, 0.15) is 39.9 Å². The van der Waals surface area contributed by atoms with Crippen LogP contribution in [0.5, 0.6) is 0 Å². The quantitative estimate of drug-likeness (QED) is 0.880. The Morgan fingerprint density at radius 2 is 1.88 bits per heavy atom. The summed E-state index contributed by atoms with van der Waals surface area (Å²) in [6.45, 7) is 6.04. The van der Waals surface area contributed by atoms with Crippen LogP contribution in [-0.4, -0.2) is 34.1 Å². The molecule has 1 N–H and O–H groups in total. The van der Waals surface area contributed by atoms with Gasteiger partial charge in [0.05, 0.1) is 11.3 Å². The second-order valence-electron chi connectivity index (χ2n) is 6.10. The van der Waals surface area contributed by atoms with Crippen molar-refractivity contribution in [1.29, 1.82) is 0 Å². The lowest BCUT2D eigenvalue weighted by atomic mass is 9.98. The Balaban J connectivity index is 1.99. The molecule has 0 aliphatic carbocycles. The first-order valence-corrected chi connectivity index (χ1v) is 7.78. The molecule has 0 saturated carbocycles. The number of carbonyl (C=O) groups is 2. The zero-order valence-electron chi connectivity index (χ0n) is 14.4. The number of aromatic carboxylic acids is 1. The molecule has 1 heterocycles. The van der Waals surface area contributed by atoms with Gasteiger partial charge in [-0.05, 0) is 38.0 Å². The van der Waals surface area contributed by atoms with Gasteiger partial charge in [0.2, 0.25) is 5.91 Å². The Morgan fingerprint density at radius 3 is 2.38 bits per heavy atom. The van der Waals surface area contributed by atoms with Gasteiger partial charge < -0.3 is 14.5 Å². The molecule has 2 aromatic rings. The number of rotatable bonds is 6. The standard InChI is InChI=1S/C18H22N2O4/c1-11(9-16-12(2)19-24-13(16)3)17(21)20(4)10-14-5-7-15(8-6-14)18(22)23/h5-8,11H,9-10H2,1-4H3,(H,22,23)/t11-/m0/s1. The summed E-state index contributed by atoms with van der Waals surface area (Å²) in [5.41, 5.74) is 2.93. The summed E-state index contributed by atoms with van der Waals surface area (Å²) in [6, 6.07) is 6.55. The Bertz CT molecular complexity index is 714. The number of carboxylic acid groups (broad SMARTS) is 1. The summed E-state index contributed by atoms with van der Waals surface area (Å²) >= 11 is 0. The number of nitrogens with zero attached hydrogens (tertiary/aromatic N) is 2. The average molecular weight is 330 g/mol. The van der Waals surface area contributed by atoms with Gasteiger partial charge in [-0.15, -0.1) is 0 Å². The highest BCUT2D eigenvalue weighted by molar-refractivity contribution is 5.87. The molecule has 0 saturated heterocycles. The third-order valence-electron chi connectivity index (χ3n) is 4.11. The maximum Gasteiger partial charge on any atom is 0.335 e. The van der Waals surface area contributed by atoms with Crippen LogP contribution in [0.4, 0.5) is 0 Å². The van der Waals surface area contributed by atoms with Gasteiger partial charge in [0.15, 0.2) is 0 Å². The van der Waals surface area contributed by atoms with Crippen LogP contribution < -0.4 is 0 Å². The molecular weight excluding hydrogens is 308 g/mol. The first kappa shape index (κ1) is 17.7. The maximum atomic E-state index is 12.6. The minimum absolute atomic E-state index is 0.0253. The molecule has 1 aromatic heterocycles. The molecule has 24 heavy (non-hydrogen) atoms. The zero-order valence-corrected chi connectivity index (χ0v) is 14.4. The fourth-order valence-corrected chi connectivity index (χ4v) is 2.67. The molecule has 0 unspecified atom stereocenters. The van der Waals surface area contributed by atoms with E-state index in [0.717, 1.165) is 22.6 Å². The number of carboxylic acids is 1. The van der Waals surface area contributed by atoms with Gasteiger partial charge in [0.25, 0.3) is 0 Å². The minimum atomic E-state index is -0.959. The highest BCUT2D eigenvalue weighted by atomic mass is 16.5. The van der Waals surface area contributed by atoms with Gasteiger partial charge in [0.1, 0.15) is 5.76 Å². The van der Waals surface area contributed by atoms with Gasteiger partial charge in [-0.3, -0.25) is 4.79 Å². The van der Waals surface area contributed by atoms with E-state index in [0.29, 0.717) is 13.0 Å². The molecule has 128 valence electrons. The predicted octanol–water partition coefficient (Wildman–Crippen LogP) is 2.83. The monoisotopic (exact) mass is 330 g/mol. The summed E-state index contributed by atoms with van der Waals surface area (Å²) in [5, 5.41) is 12.8. The summed E-state index contributed by atoms with van der Waals surface area (Å²) in [7, 11) is 1.75. The topological polar surface area (TPSA) is 83.6 Å². The Hall–Kier alpha value is -2.63. The van der Waals surface area contributed by atoms with Crippen molar-refractivity contribution < 1.29 is 19.2 Å². The van der Waals surface area contributed by atoms with Crippen LogP contribution in [0.2, 0.25) is 0 Å². The highest BCUT2D eigenvalue weighted by Gasteiger charge is 2.21. The molecule has 0 fully saturated rings. The lowest BCUT2D eigenvalue weighted by Gasteiger charge is -2.21. The number of carbonyl (C=O) groups excluding carboxylic acids is 1. The number of aryl methyl sites for hydroxylation is 2. The van der Waals surface area contributed by atoms with Gasteiger partial charge in [0, 0.05) is 25.1 Å². The number of hydrogen-bond donors (Lipinski definition) is 1. The number of benzene rings is 1. The van der Waals surface area contributed by atoms with Crippen LogP contribution in [0.3, 0.4) is 0 Å². The molecule has 6 nitrogen and oxygen atoms in total. The molecule has 0 radical (unpaired) electrons. The smallest absolute Gasteiger partial charge is 0.335 e. The molecule has 0 bridgehead atoms. The zero-order chi connectivity index (χ0) is 17.9. The van der Waals surface area contributed by atoms with E-state index < -0.39 is 5.97 Å². The Labute approximate surface area is 141 Å².